The molecule has 5 heteroatoms. The third-order valence-corrected chi connectivity index (χ3v) is 5.58. The molecule has 172 valence electrons. The van der Waals surface area contributed by atoms with Crippen LogP contribution in [-0.4, -0.2) is 28.1 Å². The predicted octanol–water partition coefficient (Wildman–Crippen LogP) is 6.25. The van der Waals surface area contributed by atoms with Gasteiger partial charge in [-0.05, 0) is 61.4 Å². The van der Waals surface area contributed by atoms with Crippen molar-refractivity contribution in [1.29, 1.82) is 0 Å². The van der Waals surface area contributed by atoms with Gasteiger partial charge in [0.05, 0.1) is 11.4 Å². The molecule has 0 saturated carbocycles. The van der Waals surface area contributed by atoms with Gasteiger partial charge in [0.15, 0.2) is 0 Å². The molecule has 5 nitrogen and oxygen atoms in total. The highest BCUT2D eigenvalue weighted by atomic mass is 16.5. The Morgan fingerprint density at radius 2 is 1.21 bits per heavy atom. The van der Waals surface area contributed by atoms with Crippen molar-refractivity contribution in [3.8, 4) is 22.9 Å². The van der Waals surface area contributed by atoms with Crippen molar-refractivity contribution in [2.75, 3.05) is 13.2 Å². The molecular weight excluding hydrogens is 424 g/mol. The molecule has 34 heavy (non-hydrogen) atoms. The summed E-state index contributed by atoms with van der Waals surface area (Å²) in [6.07, 6.45) is 7.19. The fourth-order valence-electron chi connectivity index (χ4n) is 3.80. The summed E-state index contributed by atoms with van der Waals surface area (Å²) in [4.78, 5) is 13.7. The van der Waals surface area contributed by atoms with E-state index >= 15 is 0 Å². The van der Waals surface area contributed by atoms with Crippen LogP contribution in [0.5, 0.6) is 11.5 Å². The van der Waals surface area contributed by atoms with Crippen LogP contribution in [0.1, 0.15) is 27.3 Å². The quantitative estimate of drug-likeness (QED) is 0.211. The third-order valence-electron chi connectivity index (χ3n) is 5.58. The first-order valence-corrected chi connectivity index (χ1v) is 11.1. The first-order valence-electron chi connectivity index (χ1n) is 11.1. The van der Waals surface area contributed by atoms with E-state index in [2.05, 4.69) is 13.2 Å². The van der Waals surface area contributed by atoms with E-state index in [1.54, 1.807) is 12.2 Å². The van der Waals surface area contributed by atoms with Crippen LogP contribution in [0.3, 0.4) is 0 Å². The van der Waals surface area contributed by atoms with Gasteiger partial charge in [-0.15, -0.1) is 0 Å². The van der Waals surface area contributed by atoms with Gasteiger partial charge in [-0.3, -0.25) is 4.79 Å². The van der Waals surface area contributed by atoms with E-state index in [9.17, 15) is 4.79 Å². The van der Waals surface area contributed by atoms with Crippen molar-refractivity contribution in [1.82, 2.24) is 9.13 Å². The second-order valence-electron chi connectivity index (χ2n) is 7.95. The van der Waals surface area contributed by atoms with Gasteiger partial charge >= 0.3 is 0 Å². The summed E-state index contributed by atoms with van der Waals surface area (Å²) < 4.78 is 15.3. The van der Waals surface area contributed by atoms with Crippen molar-refractivity contribution in [2.24, 2.45) is 0 Å². The Hall–Kier alpha value is -4.25. The Morgan fingerprint density at radius 3 is 1.62 bits per heavy atom. The van der Waals surface area contributed by atoms with E-state index in [-0.39, 0.29) is 5.78 Å². The van der Waals surface area contributed by atoms with E-state index in [1.165, 1.54) is 0 Å². The zero-order valence-corrected chi connectivity index (χ0v) is 19.5. The average molecular weight is 453 g/mol. The molecule has 4 aromatic rings. The van der Waals surface area contributed by atoms with Crippen LogP contribution < -0.4 is 9.47 Å². The normalized spacial score (nSPS) is 10.6. The first kappa shape index (κ1) is 22.9. The van der Waals surface area contributed by atoms with E-state index in [0.717, 1.165) is 34.0 Å². The van der Waals surface area contributed by atoms with E-state index in [0.29, 0.717) is 24.6 Å². The second-order valence-corrected chi connectivity index (χ2v) is 7.95. The second kappa shape index (κ2) is 10.1. The van der Waals surface area contributed by atoms with Gasteiger partial charge in [0.2, 0.25) is 5.78 Å². The molecule has 2 aromatic carbocycles. The molecule has 0 aliphatic rings. The smallest absolute Gasteiger partial charge is 0.226 e. The van der Waals surface area contributed by atoms with Gasteiger partial charge in [-0.1, -0.05) is 37.4 Å². The number of hydrogen-bond acceptors (Lipinski definition) is 3. The van der Waals surface area contributed by atoms with Crippen LogP contribution in [0.4, 0.5) is 0 Å². The molecule has 0 aliphatic carbocycles. The maximum Gasteiger partial charge on any atom is 0.226 e. The van der Waals surface area contributed by atoms with Crippen molar-refractivity contribution in [3.05, 3.63) is 121 Å². The zero-order valence-electron chi connectivity index (χ0n) is 19.5. The van der Waals surface area contributed by atoms with E-state index < -0.39 is 0 Å². The lowest BCUT2D eigenvalue weighted by Crippen LogP contribution is -2.13. The lowest BCUT2D eigenvalue weighted by Gasteiger charge is -2.15. The average Bonchev–Trinajstić information content (AvgIpc) is 3.53. The Kier molecular flexibility index (Phi) is 6.83. The molecule has 2 aromatic heterocycles. The maximum atomic E-state index is 13.7. The molecule has 2 heterocycles. The van der Waals surface area contributed by atoms with Crippen LogP contribution in [0.2, 0.25) is 0 Å². The lowest BCUT2D eigenvalue weighted by molar-refractivity contribution is 0.102. The number of carbonyl (C=O) groups excluding carboxylic acids is 1. The SMILES string of the molecule is C=CCOc1cc(-n2cccc2C(=O)c2cccn2-c2ccc(C)c(OCC=C)c2)ccc1C. The minimum Gasteiger partial charge on any atom is -0.489 e. The van der Waals surface area contributed by atoms with Crippen molar-refractivity contribution < 1.29 is 14.3 Å². The molecule has 0 atom stereocenters. The largest absolute Gasteiger partial charge is 0.489 e. The number of aromatic nitrogens is 2. The number of carbonyl (C=O) groups is 1. The molecule has 0 unspecified atom stereocenters. The maximum absolute atomic E-state index is 13.7. The van der Waals surface area contributed by atoms with Gasteiger partial charge in [0.25, 0.3) is 0 Å². The minimum absolute atomic E-state index is 0.0849. The van der Waals surface area contributed by atoms with Crippen LogP contribution >= 0.6 is 0 Å². The Labute approximate surface area is 200 Å². The highest BCUT2D eigenvalue weighted by molar-refractivity contribution is 6.07. The highest BCUT2D eigenvalue weighted by Crippen LogP contribution is 2.27. The van der Waals surface area contributed by atoms with Gasteiger partial charge in [0, 0.05) is 35.9 Å². The number of nitrogens with zero attached hydrogens (tertiary/aromatic N) is 2. The van der Waals surface area contributed by atoms with Crippen LogP contribution in [0.15, 0.2) is 98.4 Å². The molecule has 4 rings (SSSR count). The number of benzene rings is 2. The molecule has 0 amide bonds. The van der Waals surface area contributed by atoms with Crippen molar-refractivity contribution in [2.45, 2.75) is 13.8 Å². The monoisotopic (exact) mass is 452 g/mol. The highest BCUT2D eigenvalue weighted by Gasteiger charge is 2.19. The predicted molar refractivity (Wildman–Crippen MR) is 136 cm³/mol. The summed E-state index contributed by atoms with van der Waals surface area (Å²) in [5.74, 6) is 1.44. The Bertz CT molecular complexity index is 1240. The molecule has 0 spiro atoms. The van der Waals surface area contributed by atoms with E-state index in [4.69, 9.17) is 9.47 Å². The standard InChI is InChI=1S/C29H28N2O3/c1-5-17-33-27-19-23(13-11-21(27)3)30-15-7-9-25(30)29(32)26-10-8-16-31(26)24-14-12-22(4)28(20-24)34-18-6-2/h5-16,19-20H,1-2,17-18H2,3-4H3. The number of ketones is 1. The van der Waals surface area contributed by atoms with Crippen LogP contribution in [0, 0.1) is 13.8 Å². The molecule has 0 N–H and O–H groups in total. The molecule has 0 aliphatic heterocycles. The molecule has 0 bridgehead atoms. The zero-order chi connectivity index (χ0) is 24.1. The van der Waals surface area contributed by atoms with Crippen molar-refractivity contribution >= 4 is 5.78 Å². The summed E-state index contributed by atoms with van der Waals surface area (Å²) >= 11 is 0. The van der Waals surface area contributed by atoms with Crippen LogP contribution in [0.25, 0.3) is 11.4 Å². The van der Waals surface area contributed by atoms with Gasteiger partial charge in [-0.25, -0.2) is 0 Å². The number of ether oxygens (including phenoxy) is 2. The summed E-state index contributed by atoms with van der Waals surface area (Å²) in [6.45, 7) is 12.2. The fraction of sp³-hybridized carbons (Fsp3) is 0.138. The Morgan fingerprint density at radius 1 is 0.765 bits per heavy atom. The summed E-state index contributed by atoms with van der Waals surface area (Å²) in [6, 6.07) is 19.2. The van der Waals surface area contributed by atoms with Gasteiger partial charge in [0.1, 0.15) is 24.7 Å². The summed E-state index contributed by atoms with van der Waals surface area (Å²) in [5.41, 5.74) is 4.88. The fourth-order valence-corrected chi connectivity index (χ4v) is 3.80. The van der Waals surface area contributed by atoms with Gasteiger partial charge < -0.3 is 18.6 Å². The first-order chi connectivity index (χ1) is 16.5. The number of aryl methyl sites for hydroxylation is 2. The molecule has 0 saturated heterocycles. The molecule has 0 radical (unpaired) electrons. The lowest BCUT2D eigenvalue weighted by atomic mass is 10.1. The van der Waals surface area contributed by atoms with E-state index in [1.807, 2.05) is 96.0 Å². The summed E-state index contributed by atoms with van der Waals surface area (Å²) in [7, 11) is 0. The Balaban J connectivity index is 1.69. The third kappa shape index (κ3) is 4.59. The summed E-state index contributed by atoms with van der Waals surface area (Å²) in [5, 5.41) is 0. The van der Waals surface area contributed by atoms with Crippen LogP contribution in [-0.2, 0) is 0 Å². The molecular formula is C29H28N2O3. The number of rotatable bonds is 10. The van der Waals surface area contributed by atoms with Crippen molar-refractivity contribution in [3.63, 3.8) is 0 Å². The van der Waals surface area contributed by atoms with Gasteiger partial charge in [-0.2, -0.15) is 0 Å². The molecule has 0 fully saturated rings. The minimum atomic E-state index is -0.0849. The number of hydrogen-bond donors (Lipinski definition) is 0. The topological polar surface area (TPSA) is 45.4 Å².